The number of nitrogens with zero attached hydrogens (tertiary/aromatic N) is 1. The average Bonchev–Trinajstić information content (AvgIpc) is 3.18. The maximum Gasteiger partial charge on any atom is 0.412 e. The highest BCUT2D eigenvalue weighted by Gasteiger charge is 2.27. The third-order valence-corrected chi connectivity index (χ3v) is 5.13. The van der Waals surface area contributed by atoms with Crippen LogP contribution in [0.3, 0.4) is 0 Å². The normalized spacial score (nSPS) is 14.7. The van der Waals surface area contributed by atoms with E-state index < -0.39 is 7.05 Å². The Bertz CT molecular complexity index is 1030. The van der Waals surface area contributed by atoms with Crippen LogP contribution in [0.5, 0.6) is 17.2 Å². The molecule has 3 aromatic rings. The van der Waals surface area contributed by atoms with Gasteiger partial charge in [-0.1, -0.05) is 24.3 Å². The number of ether oxygens (including phenoxy) is 2. The van der Waals surface area contributed by atoms with Gasteiger partial charge in [0.2, 0.25) is 0 Å². The first kappa shape index (κ1) is 19.1. The van der Waals surface area contributed by atoms with Gasteiger partial charge in [-0.3, -0.25) is 0 Å². The van der Waals surface area contributed by atoms with Crippen LogP contribution in [-0.2, 0) is 6.42 Å². The van der Waals surface area contributed by atoms with E-state index in [1.807, 2.05) is 48.5 Å². The Morgan fingerprint density at radius 2 is 1.76 bits per heavy atom. The van der Waals surface area contributed by atoms with Gasteiger partial charge in [-0.2, -0.15) is 5.26 Å². The van der Waals surface area contributed by atoms with Crippen molar-refractivity contribution in [2.24, 2.45) is 0 Å². The quantitative estimate of drug-likeness (QED) is 0.638. The van der Waals surface area contributed by atoms with Gasteiger partial charge in [0, 0.05) is 5.56 Å². The van der Waals surface area contributed by atoms with E-state index in [0.29, 0.717) is 11.3 Å². The Kier molecular flexibility index (Phi) is 5.52. The molecule has 2 N–H and O–H groups in total. The number of nitrogens with one attached hydrogen (secondary N) is 1. The van der Waals surface area contributed by atoms with Crippen LogP contribution in [0.25, 0.3) is 0 Å². The summed E-state index contributed by atoms with van der Waals surface area (Å²) in [6, 6.07) is 22.7. The molecule has 0 aromatic heterocycles. The Balaban J connectivity index is 1.50. The van der Waals surface area contributed by atoms with Gasteiger partial charge in [0.25, 0.3) is 0 Å². The maximum atomic E-state index is 9.83. The zero-order valence-electron chi connectivity index (χ0n) is 16.1. The lowest BCUT2D eigenvalue weighted by atomic mass is 9.75. The second kappa shape index (κ2) is 8.40. The number of benzene rings is 3. The van der Waals surface area contributed by atoms with Gasteiger partial charge in [0.15, 0.2) is 0 Å². The van der Waals surface area contributed by atoms with E-state index >= 15 is 0 Å². The number of nitriles is 1. The van der Waals surface area contributed by atoms with Crippen molar-refractivity contribution in [2.45, 2.75) is 18.9 Å². The van der Waals surface area contributed by atoms with E-state index in [1.54, 1.807) is 19.2 Å². The highest BCUT2D eigenvalue weighted by molar-refractivity contribution is 6.63. The second-order valence-electron chi connectivity index (χ2n) is 6.97. The fourth-order valence-electron chi connectivity index (χ4n) is 3.58. The Hall–Kier alpha value is -3.27. The molecule has 0 amide bonds. The van der Waals surface area contributed by atoms with Gasteiger partial charge >= 0.3 is 7.05 Å². The summed E-state index contributed by atoms with van der Waals surface area (Å²) in [4.78, 5) is 0. The molecule has 0 saturated carbocycles. The van der Waals surface area contributed by atoms with Crippen LogP contribution < -0.4 is 20.2 Å². The van der Waals surface area contributed by atoms with E-state index in [9.17, 15) is 5.02 Å². The first-order valence-corrected chi connectivity index (χ1v) is 9.59. The molecule has 0 spiro atoms. The van der Waals surface area contributed by atoms with Crippen molar-refractivity contribution >= 4 is 12.5 Å². The van der Waals surface area contributed by atoms with E-state index in [0.717, 1.165) is 40.9 Å². The first-order chi connectivity index (χ1) is 14.2. The molecule has 1 aliphatic carbocycles. The zero-order chi connectivity index (χ0) is 20.2. The number of hydrogen-bond acceptors (Lipinski definition) is 5. The predicted molar refractivity (Wildman–Crippen MR) is 112 cm³/mol. The Labute approximate surface area is 170 Å². The molecule has 1 aliphatic rings. The Morgan fingerprint density at radius 3 is 2.45 bits per heavy atom. The molecule has 5 nitrogen and oxygen atoms in total. The SMILES string of the molecule is CNB(O)c1ccc(O[C@@H]2CCc3c(Oc4ccc(C#N)cc4)cccc32)cc1. The largest absolute Gasteiger partial charge is 0.486 e. The Morgan fingerprint density at radius 1 is 1.03 bits per heavy atom. The van der Waals surface area contributed by atoms with Crippen LogP contribution in [0, 0.1) is 11.3 Å². The number of rotatable bonds is 6. The monoisotopic (exact) mass is 384 g/mol. The van der Waals surface area contributed by atoms with Gasteiger partial charge < -0.3 is 19.7 Å². The standard InChI is InChI=1S/C23H21BN2O3/c1-26-24(27)17-7-11-19(12-8-17)29-23-14-13-21-20(23)3-2-4-22(21)28-18-9-5-16(15-25)6-10-18/h2-12,23,26-27H,13-14H2,1H3/t23-/m1/s1. The summed E-state index contributed by atoms with van der Waals surface area (Å²) in [6.45, 7) is 0. The lowest BCUT2D eigenvalue weighted by molar-refractivity contribution is 0.207. The van der Waals surface area contributed by atoms with Crippen LogP contribution in [-0.4, -0.2) is 19.1 Å². The van der Waals surface area contributed by atoms with Crippen molar-refractivity contribution in [3.63, 3.8) is 0 Å². The van der Waals surface area contributed by atoms with Gasteiger partial charge in [-0.25, -0.2) is 0 Å². The van der Waals surface area contributed by atoms with Crippen LogP contribution in [0.2, 0.25) is 0 Å². The van der Waals surface area contributed by atoms with E-state index in [4.69, 9.17) is 14.7 Å². The van der Waals surface area contributed by atoms with Gasteiger partial charge in [-0.15, -0.1) is 0 Å². The van der Waals surface area contributed by atoms with Crippen LogP contribution in [0.4, 0.5) is 0 Å². The minimum absolute atomic E-state index is 0.0328. The lowest BCUT2D eigenvalue weighted by Gasteiger charge is -2.16. The maximum absolute atomic E-state index is 9.83. The molecular formula is C23H21BN2O3. The van der Waals surface area contributed by atoms with Crippen LogP contribution >= 0.6 is 0 Å². The molecule has 0 heterocycles. The second-order valence-corrected chi connectivity index (χ2v) is 6.97. The average molecular weight is 384 g/mol. The molecule has 3 aromatic carbocycles. The highest BCUT2D eigenvalue weighted by Crippen LogP contribution is 2.40. The summed E-state index contributed by atoms with van der Waals surface area (Å²) in [5.74, 6) is 2.31. The van der Waals surface area contributed by atoms with Crippen molar-refractivity contribution < 1.29 is 14.5 Å². The molecule has 144 valence electrons. The summed E-state index contributed by atoms with van der Waals surface area (Å²) in [7, 11) is 1.03. The predicted octanol–water partition coefficient (Wildman–Crippen LogP) is 3.32. The molecule has 0 aliphatic heterocycles. The summed E-state index contributed by atoms with van der Waals surface area (Å²) in [6.07, 6.45) is 1.72. The smallest absolute Gasteiger partial charge is 0.412 e. The number of fused-ring (bicyclic) bond motifs is 1. The van der Waals surface area contributed by atoms with Crippen molar-refractivity contribution in [1.82, 2.24) is 5.23 Å². The molecule has 6 heteroatoms. The van der Waals surface area contributed by atoms with Crippen LogP contribution in [0.1, 0.15) is 29.2 Å². The molecule has 0 radical (unpaired) electrons. The molecule has 0 fully saturated rings. The molecule has 1 atom stereocenters. The minimum atomic E-state index is -0.682. The fourth-order valence-corrected chi connectivity index (χ4v) is 3.58. The third-order valence-electron chi connectivity index (χ3n) is 5.13. The first-order valence-electron chi connectivity index (χ1n) is 9.59. The molecule has 0 bridgehead atoms. The van der Waals surface area contributed by atoms with Gasteiger partial charge in [0.1, 0.15) is 23.4 Å². The fraction of sp³-hybridized carbons (Fsp3) is 0.174. The highest BCUT2D eigenvalue weighted by atomic mass is 16.5. The van der Waals surface area contributed by atoms with Crippen molar-refractivity contribution in [1.29, 1.82) is 5.26 Å². The van der Waals surface area contributed by atoms with E-state index in [-0.39, 0.29) is 6.10 Å². The molecule has 0 saturated heterocycles. The molecule has 29 heavy (non-hydrogen) atoms. The van der Waals surface area contributed by atoms with Gasteiger partial charge in [-0.05, 0) is 73.4 Å². The molecule has 0 unspecified atom stereocenters. The van der Waals surface area contributed by atoms with E-state index in [2.05, 4.69) is 17.4 Å². The minimum Gasteiger partial charge on any atom is -0.486 e. The lowest BCUT2D eigenvalue weighted by Crippen LogP contribution is -2.42. The summed E-state index contributed by atoms with van der Waals surface area (Å²) in [5.41, 5.74) is 3.70. The summed E-state index contributed by atoms with van der Waals surface area (Å²) in [5, 5.41) is 21.6. The van der Waals surface area contributed by atoms with Gasteiger partial charge in [0.05, 0.1) is 11.6 Å². The van der Waals surface area contributed by atoms with Crippen LogP contribution in [0.15, 0.2) is 66.7 Å². The van der Waals surface area contributed by atoms with E-state index in [1.165, 1.54) is 0 Å². The summed E-state index contributed by atoms with van der Waals surface area (Å²) >= 11 is 0. The van der Waals surface area contributed by atoms with Crippen molar-refractivity contribution in [3.05, 3.63) is 83.4 Å². The molecule has 4 rings (SSSR count). The summed E-state index contributed by atoms with van der Waals surface area (Å²) < 4.78 is 12.3. The molecular weight excluding hydrogens is 363 g/mol. The van der Waals surface area contributed by atoms with Crippen molar-refractivity contribution in [3.8, 4) is 23.3 Å². The van der Waals surface area contributed by atoms with Crippen molar-refractivity contribution in [2.75, 3.05) is 7.05 Å². The topological polar surface area (TPSA) is 74.5 Å². The third kappa shape index (κ3) is 4.12. The zero-order valence-corrected chi connectivity index (χ0v) is 16.1. The number of hydrogen-bond donors (Lipinski definition) is 2.